The quantitative estimate of drug-likeness (QED) is 0.736. The van der Waals surface area contributed by atoms with Crippen molar-refractivity contribution in [3.8, 4) is 5.75 Å². The van der Waals surface area contributed by atoms with Crippen LogP contribution in [0, 0.1) is 0 Å². The maximum atomic E-state index is 13.1. The van der Waals surface area contributed by atoms with Crippen LogP contribution in [0.5, 0.6) is 5.75 Å². The van der Waals surface area contributed by atoms with Crippen LogP contribution in [0.4, 0.5) is 0 Å². The van der Waals surface area contributed by atoms with Crippen molar-refractivity contribution in [2.45, 2.75) is 25.9 Å². The highest BCUT2D eigenvalue weighted by Gasteiger charge is 2.25. The molecular formula is C21H27N3O3S. The minimum atomic E-state index is -0.0209. The van der Waals surface area contributed by atoms with Gasteiger partial charge in [0.05, 0.1) is 20.2 Å². The van der Waals surface area contributed by atoms with Gasteiger partial charge in [0.2, 0.25) is 11.8 Å². The van der Waals surface area contributed by atoms with E-state index in [1.165, 1.54) is 4.88 Å². The average Bonchev–Trinajstić information content (AvgIpc) is 3.19. The van der Waals surface area contributed by atoms with E-state index in [4.69, 9.17) is 4.74 Å². The fourth-order valence-electron chi connectivity index (χ4n) is 3.36. The second kappa shape index (κ2) is 9.71. The SMILES string of the molecule is COc1ccc(CN(C(=O)CN2CCNC(=O)C2)[C@@H](C)Cc2cccs2)cc1. The van der Waals surface area contributed by atoms with Gasteiger partial charge in [-0.15, -0.1) is 11.3 Å². The molecule has 0 saturated carbocycles. The first-order valence-corrected chi connectivity index (χ1v) is 10.4. The molecule has 7 heteroatoms. The van der Waals surface area contributed by atoms with E-state index < -0.39 is 0 Å². The standard InChI is InChI=1S/C21H27N3O3S/c1-16(12-19-4-3-11-28-19)24(13-17-5-7-18(27-2)8-6-17)21(26)15-23-10-9-22-20(25)14-23/h3-8,11,16H,9-10,12-15H2,1-2H3,(H,22,25)/t16-/m0/s1. The van der Waals surface area contributed by atoms with Gasteiger partial charge in [0.25, 0.3) is 0 Å². The van der Waals surface area contributed by atoms with Crippen LogP contribution in [0.25, 0.3) is 0 Å². The molecule has 28 heavy (non-hydrogen) atoms. The monoisotopic (exact) mass is 401 g/mol. The number of carbonyl (C=O) groups excluding carboxylic acids is 2. The van der Waals surface area contributed by atoms with E-state index in [-0.39, 0.29) is 30.9 Å². The minimum Gasteiger partial charge on any atom is -0.497 e. The van der Waals surface area contributed by atoms with Gasteiger partial charge in [0.1, 0.15) is 5.75 Å². The molecule has 1 aliphatic heterocycles. The zero-order valence-electron chi connectivity index (χ0n) is 16.4. The van der Waals surface area contributed by atoms with E-state index in [1.807, 2.05) is 40.1 Å². The summed E-state index contributed by atoms with van der Waals surface area (Å²) in [5, 5.41) is 4.86. The second-order valence-corrected chi connectivity index (χ2v) is 8.10. The highest BCUT2D eigenvalue weighted by Crippen LogP contribution is 2.19. The van der Waals surface area contributed by atoms with Gasteiger partial charge in [-0.25, -0.2) is 0 Å². The number of rotatable bonds is 8. The molecule has 1 saturated heterocycles. The Labute approximate surface area is 170 Å². The van der Waals surface area contributed by atoms with Gasteiger partial charge in [-0.1, -0.05) is 18.2 Å². The van der Waals surface area contributed by atoms with Crippen molar-refractivity contribution < 1.29 is 14.3 Å². The number of hydrogen-bond acceptors (Lipinski definition) is 5. The predicted molar refractivity (Wildman–Crippen MR) is 110 cm³/mol. The molecule has 3 rings (SSSR count). The lowest BCUT2D eigenvalue weighted by molar-refractivity contribution is -0.136. The minimum absolute atomic E-state index is 0.0209. The fraction of sp³-hybridized carbons (Fsp3) is 0.429. The normalized spacial score (nSPS) is 15.7. The van der Waals surface area contributed by atoms with Gasteiger partial charge in [-0.3, -0.25) is 14.5 Å². The van der Waals surface area contributed by atoms with Gasteiger partial charge in [-0.2, -0.15) is 0 Å². The van der Waals surface area contributed by atoms with Crippen molar-refractivity contribution in [3.05, 3.63) is 52.2 Å². The van der Waals surface area contributed by atoms with Gasteiger partial charge in [-0.05, 0) is 36.1 Å². The number of hydrogen-bond donors (Lipinski definition) is 1. The van der Waals surface area contributed by atoms with Crippen LogP contribution in [0.15, 0.2) is 41.8 Å². The molecule has 6 nitrogen and oxygen atoms in total. The van der Waals surface area contributed by atoms with Crippen molar-refractivity contribution in [1.82, 2.24) is 15.1 Å². The van der Waals surface area contributed by atoms with Gasteiger partial charge < -0.3 is 15.0 Å². The highest BCUT2D eigenvalue weighted by atomic mass is 32.1. The van der Waals surface area contributed by atoms with Crippen molar-refractivity contribution >= 4 is 23.2 Å². The second-order valence-electron chi connectivity index (χ2n) is 7.06. The topological polar surface area (TPSA) is 61.9 Å². The third-order valence-corrected chi connectivity index (χ3v) is 5.82. The Morgan fingerprint density at radius 2 is 2.11 bits per heavy atom. The van der Waals surface area contributed by atoms with Crippen LogP contribution in [0.2, 0.25) is 0 Å². The predicted octanol–water partition coefficient (Wildman–Crippen LogP) is 2.15. The Kier molecular flexibility index (Phi) is 7.06. The highest BCUT2D eigenvalue weighted by molar-refractivity contribution is 7.09. The molecule has 0 aliphatic carbocycles. The summed E-state index contributed by atoms with van der Waals surface area (Å²) in [5.74, 6) is 0.828. The summed E-state index contributed by atoms with van der Waals surface area (Å²) in [4.78, 5) is 29.9. The summed E-state index contributed by atoms with van der Waals surface area (Å²) in [6, 6.07) is 12.0. The van der Waals surface area contributed by atoms with Crippen molar-refractivity contribution in [3.63, 3.8) is 0 Å². The van der Waals surface area contributed by atoms with Crippen LogP contribution < -0.4 is 10.1 Å². The first kappa shape index (κ1) is 20.4. The third-order valence-electron chi connectivity index (χ3n) is 4.92. The molecule has 1 fully saturated rings. The summed E-state index contributed by atoms with van der Waals surface area (Å²) in [5.41, 5.74) is 1.06. The number of thiophene rings is 1. The van der Waals surface area contributed by atoms with Crippen molar-refractivity contribution in [1.29, 1.82) is 0 Å². The molecule has 150 valence electrons. The van der Waals surface area contributed by atoms with Crippen LogP contribution >= 0.6 is 11.3 Å². The molecule has 2 aromatic rings. The lowest BCUT2D eigenvalue weighted by atomic mass is 10.1. The molecule has 1 N–H and O–H groups in total. The summed E-state index contributed by atoms with van der Waals surface area (Å²) in [7, 11) is 1.64. The molecule has 1 aromatic carbocycles. The van der Waals surface area contributed by atoms with E-state index in [9.17, 15) is 9.59 Å². The fourth-order valence-corrected chi connectivity index (χ4v) is 4.18. The number of nitrogens with zero attached hydrogens (tertiary/aromatic N) is 2. The molecule has 0 bridgehead atoms. The van der Waals surface area contributed by atoms with Gasteiger partial charge >= 0.3 is 0 Å². The number of methoxy groups -OCH3 is 1. The molecule has 0 spiro atoms. The van der Waals surface area contributed by atoms with E-state index in [0.29, 0.717) is 19.6 Å². The van der Waals surface area contributed by atoms with Gasteiger partial charge in [0.15, 0.2) is 0 Å². The lowest BCUT2D eigenvalue weighted by Gasteiger charge is -2.33. The van der Waals surface area contributed by atoms with E-state index in [0.717, 1.165) is 17.7 Å². The Morgan fingerprint density at radius 1 is 1.32 bits per heavy atom. The number of ether oxygens (including phenoxy) is 1. The molecule has 2 amide bonds. The number of piperazine rings is 1. The summed E-state index contributed by atoms with van der Waals surface area (Å²) in [6.45, 7) is 4.46. The molecule has 1 aliphatic rings. The van der Waals surface area contributed by atoms with E-state index in [2.05, 4.69) is 23.7 Å². The Hall–Kier alpha value is -2.38. The van der Waals surface area contributed by atoms with Crippen molar-refractivity contribution in [2.24, 2.45) is 0 Å². The smallest absolute Gasteiger partial charge is 0.237 e. The first-order chi connectivity index (χ1) is 13.5. The van der Waals surface area contributed by atoms with E-state index in [1.54, 1.807) is 18.4 Å². The maximum Gasteiger partial charge on any atom is 0.237 e. The van der Waals surface area contributed by atoms with Crippen LogP contribution in [-0.4, -0.2) is 60.9 Å². The zero-order valence-corrected chi connectivity index (χ0v) is 17.2. The van der Waals surface area contributed by atoms with Crippen LogP contribution in [0.1, 0.15) is 17.4 Å². The van der Waals surface area contributed by atoms with Crippen LogP contribution in [0.3, 0.4) is 0 Å². The molecule has 1 atom stereocenters. The van der Waals surface area contributed by atoms with Crippen molar-refractivity contribution in [2.75, 3.05) is 33.3 Å². The molecule has 0 radical (unpaired) electrons. The van der Waals surface area contributed by atoms with Crippen LogP contribution in [-0.2, 0) is 22.6 Å². The first-order valence-electron chi connectivity index (χ1n) is 9.49. The summed E-state index contributed by atoms with van der Waals surface area (Å²) in [6.07, 6.45) is 0.819. The molecular weight excluding hydrogens is 374 g/mol. The third kappa shape index (κ3) is 5.56. The maximum absolute atomic E-state index is 13.1. The zero-order chi connectivity index (χ0) is 19.9. The summed E-state index contributed by atoms with van der Waals surface area (Å²) < 4.78 is 5.23. The molecule has 2 heterocycles. The number of amides is 2. The Balaban J connectivity index is 1.71. The molecule has 1 aromatic heterocycles. The van der Waals surface area contributed by atoms with E-state index >= 15 is 0 Å². The average molecular weight is 402 g/mol. The summed E-state index contributed by atoms with van der Waals surface area (Å²) >= 11 is 1.71. The lowest BCUT2D eigenvalue weighted by Crippen LogP contribution is -2.52. The Morgan fingerprint density at radius 3 is 2.75 bits per heavy atom. The number of carbonyl (C=O) groups is 2. The largest absolute Gasteiger partial charge is 0.497 e. The number of benzene rings is 1. The Bertz CT molecular complexity index is 777. The van der Waals surface area contributed by atoms with Gasteiger partial charge in [0, 0.05) is 37.0 Å². The molecule has 0 unspecified atom stereocenters. The number of nitrogens with one attached hydrogen (secondary N) is 1.